The van der Waals surface area contributed by atoms with Gasteiger partial charge in [0.15, 0.2) is 0 Å². The Labute approximate surface area is 163 Å². The molecular weight excluding hydrogens is 362 g/mol. The summed E-state index contributed by atoms with van der Waals surface area (Å²) < 4.78 is 3.65. The van der Waals surface area contributed by atoms with Gasteiger partial charge in [-0.1, -0.05) is 23.7 Å². The van der Waals surface area contributed by atoms with Crippen molar-refractivity contribution in [3.63, 3.8) is 0 Å². The lowest BCUT2D eigenvalue weighted by atomic mass is 10.2. The predicted octanol–water partition coefficient (Wildman–Crippen LogP) is 3.90. The van der Waals surface area contributed by atoms with Crippen molar-refractivity contribution in [1.82, 2.24) is 19.6 Å². The second kappa shape index (κ2) is 7.80. The Bertz CT molecular complexity index is 998. The number of nitrogens with zero attached hydrogens (tertiary/aromatic N) is 4. The van der Waals surface area contributed by atoms with E-state index in [1.165, 1.54) is 6.08 Å². The van der Waals surface area contributed by atoms with Gasteiger partial charge in [0.1, 0.15) is 0 Å². The van der Waals surface area contributed by atoms with Crippen LogP contribution in [0.4, 0.5) is 5.69 Å². The smallest absolute Gasteiger partial charge is 0.248 e. The summed E-state index contributed by atoms with van der Waals surface area (Å²) >= 11 is 5.94. The molecule has 27 heavy (non-hydrogen) atoms. The number of carbonyl (C=O) groups excluding carboxylic acids is 1. The minimum atomic E-state index is -0.199. The third kappa shape index (κ3) is 4.28. The SMILES string of the molecule is Cc1nn(Cc2ccc(Cl)cc2)c(C)c1NC(=O)/C=C\c1cnn(C)c1C. The van der Waals surface area contributed by atoms with E-state index in [9.17, 15) is 4.79 Å². The van der Waals surface area contributed by atoms with Gasteiger partial charge in [0.25, 0.3) is 0 Å². The average Bonchev–Trinajstić information content (AvgIpc) is 3.09. The van der Waals surface area contributed by atoms with Gasteiger partial charge in [0.2, 0.25) is 5.91 Å². The second-order valence-electron chi connectivity index (χ2n) is 6.46. The van der Waals surface area contributed by atoms with Crippen molar-refractivity contribution in [1.29, 1.82) is 0 Å². The van der Waals surface area contributed by atoms with Gasteiger partial charge in [0, 0.05) is 29.4 Å². The van der Waals surface area contributed by atoms with Crippen LogP contribution in [0.5, 0.6) is 0 Å². The van der Waals surface area contributed by atoms with Gasteiger partial charge in [-0.25, -0.2) is 0 Å². The summed E-state index contributed by atoms with van der Waals surface area (Å²) in [5.41, 5.74) is 5.43. The minimum absolute atomic E-state index is 0.199. The van der Waals surface area contributed by atoms with Gasteiger partial charge in [-0.15, -0.1) is 0 Å². The monoisotopic (exact) mass is 383 g/mol. The predicted molar refractivity (Wildman–Crippen MR) is 108 cm³/mol. The first-order valence-corrected chi connectivity index (χ1v) is 8.99. The maximum atomic E-state index is 12.3. The van der Waals surface area contributed by atoms with E-state index >= 15 is 0 Å². The number of carbonyl (C=O) groups is 1. The lowest BCUT2D eigenvalue weighted by Gasteiger charge is -2.06. The van der Waals surface area contributed by atoms with Crippen LogP contribution in [0.15, 0.2) is 36.5 Å². The van der Waals surface area contributed by atoms with Gasteiger partial charge in [0.05, 0.1) is 29.8 Å². The fourth-order valence-electron chi connectivity index (χ4n) is 2.80. The molecule has 3 aromatic rings. The van der Waals surface area contributed by atoms with E-state index in [0.717, 1.165) is 33.9 Å². The quantitative estimate of drug-likeness (QED) is 0.679. The van der Waals surface area contributed by atoms with Crippen LogP contribution in [0, 0.1) is 20.8 Å². The maximum Gasteiger partial charge on any atom is 0.248 e. The fraction of sp³-hybridized carbons (Fsp3) is 0.250. The number of halogens is 1. The average molecular weight is 384 g/mol. The highest BCUT2D eigenvalue weighted by molar-refractivity contribution is 6.30. The second-order valence-corrected chi connectivity index (χ2v) is 6.90. The van der Waals surface area contributed by atoms with E-state index in [-0.39, 0.29) is 5.91 Å². The Morgan fingerprint density at radius 2 is 1.89 bits per heavy atom. The molecule has 0 aliphatic carbocycles. The lowest BCUT2D eigenvalue weighted by Crippen LogP contribution is -2.10. The topological polar surface area (TPSA) is 64.7 Å². The van der Waals surface area contributed by atoms with Crippen LogP contribution in [0.2, 0.25) is 5.02 Å². The summed E-state index contributed by atoms with van der Waals surface area (Å²) in [7, 11) is 1.87. The van der Waals surface area contributed by atoms with Crippen LogP contribution in [0.25, 0.3) is 6.08 Å². The zero-order chi connectivity index (χ0) is 19.6. The number of aryl methyl sites for hydroxylation is 2. The Hall–Kier alpha value is -2.86. The molecular formula is C20H22ClN5O. The third-order valence-electron chi connectivity index (χ3n) is 4.56. The molecule has 3 rings (SSSR count). The molecule has 0 fully saturated rings. The highest BCUT2D eigenvalue weighted by Crippen LogP contribution is 2.21. The van der Waals surface area contributed by atoms with Crippen LogP contribution in [-0.2, 0) is 18.4 Å². The molecule has 6 nitrogen and oxygen atoms in total. The molecule has 0 bridgehead atoms. The molecule has 1 amide bonds. The molecule has 7 heteroatoms. The summed E-state index contributed by atoms with van der Waals surface area (Å²) in [4.78, 5) is 12.3. The van der Waals surface area contributed by atoms with Gasteiger partial charge in [-0.2, -0.15) is 10.2 Å². The summed E-state index contributed by atoms with van der Waals surface area (Å²) in [6.07, 6.45) is 5.01. The van der Waals surface area contributed by atoms with Crippen LogP contribution in [0.1, 0.15) is 28.2 Å². The number of benzene rings is 1. The van der Waals surface area contributed by atoms with Crippen LogP contribution in [0.3, 0.4) is 0 Å². The Morgan fingerprint density at radius 1 is 1.19 bits per heavy atom. The molecule has 1 aromatic carbocycles. The standard InChI is InChI=1S/C20H22ClN5O/c1-13-20(23-19(27)10-7-17-11-22-25(4)14(17)2)15(3)26(24-13)12-16-5-8-18(21)9-6-16/h5-11H,12H2,1-4H3,(H,23,27)/b10-7-. The molecule has 1 N–H and O–H groups in total. The van der Waals surface area contributed by atoms with Crippen molar-refractivity contribution in [2.45, 2.75) is 27.3 Å². The van der Waals surface area contributed by atoms with Crippen molar-refractivity contribution in [3.8, 4) is 0 Å². The highest BCUT2D eigenvalue weighted by atomic mass is 35.5. The fourth-order valence-corrected chi connectivity index (χ4v) is 2.93. The van der Waals surface area contributed by atoms with Crippen molar-refractivity contribution in [3.05, 3.63) is 69.8 Å². The number of hydrogen-bond donors (Lipinski definition) is 1. The molecule has 0 saturated heterocycles. The lowest BCUT2D eigenvalue weighted by molar-refractivity contribution is -0.111. The van der Waals surface area contributed by atoms with Crippen LogP contribution in [-0.4, -0.2) is 25.5 Å². The number of aromatic nitrogens is 4. The van der Waals surface area contributed by atoms with Crippen molar-refractivity contribution in [2.75, 3.05) is 5.32 Å². The van der Waals surface area contributed by atoms with E-state index in [4.69, 9.17) is 11.6 Å². The van der Waals surface area contributed by atoms with Gasteiger partial charge < -0.3 is 5.32 Å². The number of rotatable bonds is 5. The number of amides is 1. The van der Waals surface area contributed by atoms with Gasteiger partial charge >= 0.3 is 0 Å². The minimum Gasteiger partial charge on any atom is -0.319 e. The number of hydrogen-bond acceptors (Lipinski definition) is 3. The first kappa shape index (κ1) is 18.9. The molecule has 0 atom stereocenters. The number of nitrogens with one attached hydrogen (secondary N) is 1. The van der Waals surface area contributed by atoms with E-state index in [1.54, 1.807) is 17.0 Å². The van der Waals surface area contributed by atoms with Crippen molar-refractivity contribution in [2.24, 2.45) is 7.05 Å². The zero-order valence-electron chi connectivity index (χ0n) is 15.8. The Kier molecular flexibility index (Phi) is 5.46. The van der Waals surface area contributed by atoms with E-state index in [0.29, 0.717) is 11.6 Å². The molecule has 0 radical (unpaired) electrons. The third-order valence-corrected chi connectivity index (χ3v) is 4.81. The van der Waals surface area contributed by atoms with E-state index < -0.39 is 0 Å². The van der Waals surface area contributed by atoms with E-state index in [1.807, 2.05) is 56.8 Å². The molecule has 0 aliphatic heterocycles. The molecule has 2 heterocycles. The van der Waals surface area contributed by atoms with E-state index in [2.05, 4.69) is 15.5 Å². The maximum absolute atomic E-state index is 12.3. The first-order chi connectivity index (χ1) is 12.8. The summed E-state index contributed by atoms with van der Waals surface area (Å²) in [6, 6.07) is 7.65. The van der Waals surface area contributed by atoms with Crippen molar-refractivity contribution < 1.29 is 4.79 Å². The Morgan fingerprint density at radius 3 is 2.52 bits per heavy atom. The van der Waals surface area contributed by atoms with Crippen LogP contribution >= 0.6 is 11.6 Å². The first-order valence-electron chi connectivity index (χ1n) is 8.61. The molecule has 140 valence electrons. The zero-order valence-corrected chi connectivity index (χ0v) is 16.6. The molecule has 0 saturated carbocycles. The number of anilines is 1. The largest absolute Gasteiger partial charge is 0.319 e. The summed E-state index contributed by atoms with van der Waals surface area (Å²) in [5.74, 6) is -0.199. The van der Waals surface area contributed by atoms with Crippen LogP contribution < -0.4 is 5.32 Å². The van der Waals surface area contributed by atoms with Gasteiger partial charge in [-0.05, 0) is 44.5 Å². The molecule has 2 aromatic heterocycles. The Balaban J connectivity index is 1.73. The highest BCUT2D eigenvalue weighted by Gasteiger charge is 2.13. The molecule has 0 spiro atoms. The molecule has 0 aliphatic rings. The normalized spacial score (nSPS) is 11.3. The van der Waals surface area contributed by atoms with Gasteiger partial charge in [-0.3, -0.25) is 14.2 Å². The van der Waals surface area contributed by atoms with Crippen molar-refractivity contribution >= 4 is 29.3 Å². The summed E-state index contributed by atoms with van der Waals surface area (Å²) in [5, 5.41) is 12.4. The molecule has 0 unspecified atom stereocenters. The summed E-state index contributed by atoms with van der Waals surface area (Å²) in [6.45, 7) is 6.40.